The van der Waals surface area contributed by atoms with E-state index in [1.165, 1.54) is 10.6 Å². The van der Waals surface area contributed by atoms with Crippen LogP contribution in [-0.4, -0.2) is 39.0 Å². The van der Waals surface area contributed by atoms with Crippen molar-refractivity contribution in [1.29, 1.82) is 0 Å². The molecule has 0 radical (unpaired) electrons. The molecule has 5 rings (SSSR count). The number of carbonyl (C=O) groups is 1. The molecule has 1 unspecified atom stereocenters. The Morgan fingerprint density at radius 2 is 1.83 bits per heavy atom. The van der Waals surface area contributed by atoms with Gasteiger partial charge in [-0.3, -0.25) is 0 Å². The lowest BCUT2D eigenvalue weighted by Gasteiger charge is -2.18. The van der Waals surface area contributed by atoms with Gasteiger partial charge in [-0.05, 0) is 66.3 Å². The molecule has 7 nitrogen and oxygen atoms in total. The van der Waals surface area contributed by atoms with Crippen LogP contribution < -0.4 is 9.64 Å². The molecule has 0 fully saturated rings. The van der Waals surface area contributed by atoms with E-state index in [1.807, 2.05) is 36.7 Å². The second-order valence-electron chi connectivity index (χ2n) is 10.6. The van der Waals surface area contributed by atoms with Crippen molar-refractivity contribution in [2.75, 3.05) is 13.6 Å². The highest BCUT2D eigenvalue weighted by Gasteiger charge is 2.20. The van der Waals surface area contributed by atoms with Gasteiger partial charge in [0.2, 0.25) is 0 Å². The maximum atomic E-state index is 11.4. The second-order valence-corrected chi connectivity index (χ2v) is 11.4. The monoisotopic (exact) mass is 591 g/mol. The summed E-state index contributed by atoms with van der Waals surface area (Å²) < 4.78 is 10.2. The zero-order valence-corrected chi connectivity index (χ0v) is 25.0. The summed E-state index contributed by atoms with van der Waals surface area (Å²) in [5, 5.41) is 16.1. The van der Waals surface area contributed by atoms with Crippen LogP contribution in [-0.2, 0) is 13.2 Å². The average molecular weight is 593 g/mol. The quantitative estimate of drug-likeness (QED) is 0.190. The van der Waals surface area contributed by atoms with Crippen LogP contribution in [0.1, 0.15) is 46.9 Å². The molecular weight excluding hydrogens is 559 g/mol. The molecule has 2 heterocycles. The molecule has 0 aliphatic heterocycles. The number of fused-ring (bicyclic) bond motifs is 1. The van der Waals surface area contributed by atoms with Crippen molar-refractivity contribution in [3.8, 4) is 11.4 Å². The molecule has 5 aromatic rings. The van der Waals surface area contributed by atoms with Crippen LogP contribution in [0.25, 0.3) is 16.6 Å². The van der Waals surface area contributed by atoms with E-state index >= 15 is 0 Å². The van der Waals surface area contributed by atoms with Gasteiger partial charge in [-0.15, -0.1) is 0 Å². The smallest absolute Gasteiger partial charge is 0.335 e. The van der Waals surface area contributed by atoms with Crippen molar-refractivity contribution in [3.63, 3.8) is 0 Å². The highest BCUT2D eigenvalue weighted by Crippen LogP contribution is 2.32. The third kappa shape index (κ3) is 5.98. The zero-order chi connectivity index (χ0) is 29.3. The van der Waals surface area contributed by atoms with Gasteiger partial charge in [0.05, 0.1) is 47.6 Å². The highest BCUT2D eigenvalue weighted by molar-refractivity contribution is 6.37. The average Bonchev–Trinajstić information content (AvgIpc) is 3.54. The normalized spacial score (nSPS) is 12.3. The lowest BCUT2D eigenvalue weighted by molar-refractivity contribution is -0.811. The summed E-state index contributed by atoms with van der Waals surface area (Å²) in [4.78, 5) is 12.7. The summed E-state index contributed by atoms with van der Waals surface area (Å²) in [6, 6.07) is 18.8. The Bertz CT molecular complexity index is 1700. The maximum Gasteiger partial charge on any atom is 0.335 e. The van der Waals surface area contributed by atoms with Crippen LogP contribution >= 0.6 is 23.2 Å². The number of aromatic carboxylic acids is 1. The number of para-hydroxylation sites is 1. The fourth-order valence-corrected chi connectivity index (χ4v) is 5.75. The molecule has 1 atom stereocenters. The highest BCUT2D eigenvalue weighted by atomic mass is 35.5. The van der Waals surface area contributed by atoms with E-state index < -0.39 is 5.97 Å². The first-order valence-corrected chi connectivity index (χ1v) is 14.3. The number of rotatable bonds is 10. The molecule has 2 aromatic heterocycles. The number of aromatic nitrogens is 3. The molecule has 41 heavy (non-hydrogen) atoms. The van der Waals surface area contributed by atoms with Crippen molar-refractivity contribution in [2.24, 2.45) is 0 Å². The number of hydrogen-bond donors (Lipinski definition) is 2. The van der Waals surface area contributed by atoms with E-state index in [2.05, 4.69) is 49.6 Å². The number of quaternary nitrogens is 1. The first-order valence-electron chi connectivity index (χ1n) is 13.5. The van der Waals surface area contributed by atoms with E-state index in [0.29, 0.717) is 27.9 Å². The molecule has 0 aliphatic carbocycles. The van der Waals surface area contributed by atoms with E-state index in [-0.39, 0.29) is 5.92 Å². The Balaban J connectivity index is 1.30. The third-order valence-electron chi connectivity index (χ3n) is 7.45. The minimum Gasteiger partial charge on any atom is -0.487 e. The molecule has 0 aliphatic rings. The summed E-state index contributed by atoms with van der Waals surface area (Å²) in [7, 11) is 2.14. The van der Waals surface area contributed by atoms with Crippen molar-refractivity contribution in [1.82, 2.24) is 14.3 Å². The van der Waals surface area contributed by atoms with Crippen molar-refractivity contribution >= 4 is 45.8 Å². The Morgan fingerprint density at radius 1 is 1.07 bits per heavy atom. The first kappa shape index (κ1) is 28.7. The number of likely N-dealkylation sites (N-methyl/N-ethyl adjacent to an activating group) is 1. The van der Waals surface area contributed by atoms with Crippen LogP contribution in [0.15, 0.2) is 73.1 Å². The molecule has 3 aromatic carbocycles. The Hall–Kier alpha value is -3.78. The van der Waals surface area contributed by atoms with Gasteiger partial charge in [0.25, 0.3) is 0 Å². The van der Waals surface area contributed by atoms with Gasteiger partial charge in [0, 0.05) is 23.3 Å². The summed E-state index contributed by atoms with van der Waals surface area (Å²) in [5.74, 6) is 0.0975. The van der Waals surface area contributed by atoms with Crippen LogP contribution in [0.3, 0.4) is 0 Å². The SMILES string of the molecule is Cc1cc(OCc2c(C(C)C)cnn2-c2c(Cl)cccc2Cl)ccc1[NH+](C)CCn1ccc2ccc(C(=O)O)cc21. The summed E-state index contributed by atoms with van der Waals surface area (Å²) in [6.45, 7) is 8.23. The molecule has 0 saturated carbocycles. The van der Waals surface area contributed by atoms with Gasteiger partial charge in [0.15, 0.2) is 0 Å². The van der Waals surface area contributed by atoms with E-state index in [4.69, 9.17) is 27.9 Å². The van der Waals surface area contributed by atoms with Crippen LogP contribution in [0.5, 0.6) is 5.75 Å². The fourth-order valence-electron chi connectivity index (χ4n) is 5.19. The van der Waals surface area contributed by atoms with Crippen molar-refractivity contribution < 1.29 is 19.5 Å². The fraction of sp³-hybridized carbons (Fsp3) is 0.250. The summed E-state index contributed by atoms with van der Waals surface area (Å²) in [6.07, 6.45) is 3.87. The number of nitrogens with one attached hydrogen (secondary N) is 1. The molecule has 212 valence electrons. The third-order valence-corrected chi connectivity index (χ3v) is 8.06. The second kappa shape index (κ2) is 12.0. The maximum absolute atomic E-state index is 11.4. The number of carboxylic acid groups (broad SMARTS) is 1. The molecule has 2 N–H and O–H groups in total. The Labute approximate surface area is 249 Å². The minimum atomic E-state index is -0.919. The van der Waals surface area contributed by atoms with Crippen molar-refractivity contribution in [2.45, 2.75) is 39.8 Å². The molecule has 0 amide bonds. The predicted molar refractivity (Wildman–Crippen MR) is 163 cm³/mol. The number of nitrogens with zero attached hydrogens (tertiary/aromatic N) is 3. The molecule has 0 saturated heterocycles. The van der Waals surface area contributed by atoms with Crippen LogP contribution in [0.2, 0.25) is 10.0 Å². The van der Waals surface area contributed by atoms with Gasteiger partial charge in [-0.1, -0.05) is 49.2 Å². The van der Waals surface area contributed by atoms with E-state index in [9.17, 15) is 9.90 Å². The lowest BCUT2D eigenvalue weighted by atomic mass is 10.0. The van der Waals surface area contributed by atoms with E-state index in [0.717, 1.165) is 46.6 Å². The topological polar surface area (TPSA) is 73.7 Å². The molecule has 0 spiro atoms. The first-order chi connectivity index (χ1) is 19.6. The zero-order valence-electron chi connectivity index (χ0n) is 23.5. The lowest BCUT2D eigenvalue weighted by Crippen LogP contribution is -3.04. The number of hydrogen-bond acceptors (Lipinski definition) is 3. The number of halogens is 2. The predicted octanol–water partition coefficient (Wildman–Crippen LogP) is 6.69. The molecule has 0 bridgehead atoms. The number of carboxylic acids is 1. The number of aryl methyl sites for hydroxylation is 1. The number of ether oxygens (including phenoxy) is 1. The standard InChI is InChI=1S/C32H32Cl2N4O3/c1-20(2)25-18-35-38(31-26(33)6-5-7-27(31)34)30(25)19-41-24-10-11-28(21(3)16-24)36(4)14-15-37-13-12-22-8-9-23(32(39)40)17-29(22)37/h5-13,16-18,20H,14-15,19H2,1-4H3,(H,39,40)/p+1. The summed E-state index contributed by atoms with van der Waals surface area (Å²) in [5.41, 5.74) is 6.15. The van der Waals surface area contributed by atoms with Gasteiger partial charge in [0.1, 0.15) is 23.7 Å². The van der Waals surface area contributed by atoms with Gasteiger partial charge in [-0.25, -0.2) is 9.48 Å². The molecular formula is C32H33Cl2N4O3+. The minimum absolute atomic E-state index is 0.248. The van der Waals surface area contributed by atoms with Crippen molar-refractivity contribution in [3.05, 3.63) is 105 Å². The number of benzene rings is 3. The van der Waals surface area contributed by atoms with Gasteiger partial charge in [-0.2, -0.15) is 5.10 Å². The Kier molecular flexibility index (Phi) is 8.40. The van der Waals surface area contributed by atoms with Crippen LogP contribution in [0.4, 0.5) is 5.69 Å². The molecule has 9 heteroatoms. The van der Waals surface area contributed by atoms with E-state index in [1.54, 1.807) is 28.9 Å². The summed E-state index contributed by atoms with van der Waals surface area (Å²) >= 11 is 13.0. The van der Waals surface area contributed by atoms with Crippen LogP contribution in [0, 0.1) is 6.92 Å². The van der Waals surface area contributed by atoms with Gasteiger partial charge >= 0.3 is 5.97 Å². The largest absolute Gasteiger partial charge is 0.487 e. The Morgan fingerprint density at radius 3 is 2.51 bits per heavy atom. The van der Waals surface area contributed by atoms with Gasteiger partial charge < -0.3 is 19.3 Å².